The van der Waals surface area contributed by atoms with E-state index in [0.717, 1.165) is 29.2 Å². The van der Waals surface area contributed by atoms with Crippen molar-refractivity contribution < 1.29 is 23.1 Å². The van der Waals surface area contributed by atoms with Crippen LogP contribution in [0, 0.1) is 25.5 Å². The monoisotopic (exact) mass is 312 g/mol. The lowest BCUT2D eigenvalue weighted by molar-refractivity contribution is 0.106. The van der Waals surface area contributed by atoms with Crippen LogP contribution >= 0.6 is 0 Å². The predicted octanol–water partition coefficient (Wildman–Crippen LogP) is 2.10. The summed E-state index contributed by atoms with van der Waals surface area (Å²) in [6.45, 7) is 4.44. The van der Waals surface area contributed by atoms with E-state index in [1.165, 1.54) is 6.07 Å². The highest BCUT2D eigenvalue weighted by molar-refractivity contribution is 5.23. The fourth-order valence-electron chi connectivity index (χ4n) is 1.94. The molecule has 2 rings (SSSR count). The van der Waals surface area contributed by atoms with Crippen LogP contribution in [-0.4, -0.2) is 29.5 Å². The molecule has 2 N–H and O–H groups in total. The highest BCUT2D eigenvalue weighted by Gasteiger charge is 2.11. The van der Waals surface area contributed by atoms with Gasteiger partial charge in [0.1, 0.15) is 24.2 Å². The zero-order valence-electron chi connectivity index (χ0n) is 12.4. The first kappa shape index (κ1) is 16.4. The first-order valence-corrected chi connectivity index (χ1v) is 6.85. The standard InChI is InChI=1S/C15H18F2N2O3/c1-9-13(10(2)22-19-9)7-18-6-11(20)8-21-12-3-4-14(16)15(17)5-12/h3-5,11,18,20H,6-8H2,1-2H3. The Kier molecular flexibility index (Phi) is 5.46. The van der Waals surface area contributed by atoms with Gasteiger partial charge >= 0.3 is 0 Å². The van der Waals surface area contributed by atoms with E-state index in [1.807, 2.05) is 13.8 Å². The molecule has 1 aromatic heterocycles. The summed E-state index contributed by atoms with van der Waals surface area (Å²) >= 11 is 0. The molecular weight excluding hydrogens is 294 g/mol. The maximum atomic E-state index is 13.0. The van der Waals surface area contributed by atoms with Crippen molar-refractivity contribution in [1.29, 1.82) is 0 Å². The van der Waals surface area contributed by atoms with Gasteiger partial charge in [-0.3, -0.25) is 0 Å². The van der Waals surface area contributed by atoms with Gasteiger partial charge in [-0.15, -0.1) is 0 Å². The maximum Gasteiger partial charge on any atom is 0.162 e. The van der Waals surface area contributed by atoms with Crippen LogP contribution in [0.25, 0.3) is 0 Å². The van der Waals surface area contributed by atoms with E-state index in [2.05, 4.69) is 10.5 Å². The molecule has 0 saturated heterocycles. The number of ether oxygens (including phenoxy) is 1. The Bertz CT molecular complexity index is 612. The van der Waals surface area contributed by atoms with E-state index in [1.54, 1.807) is 0 Å². The highest BCUT2D eigenvalue weighted by atomic mass is 19.2. The number of aryl methyl sites for hydroxylation is 2. The van der Waals surface area contributed by atoms with Gasteiger partial charge in [0, 0.05) is 24.7 Å². The Hall–Kier alpha value is -1.99. The Morgan fingerprint density at radius 3 is 2.73 bits per heavy atom. The minimum absolute atomic E-state index is 0.0281. The molecule has 7 heteroatoms. The number of benzene rings is 1. The van der Waals surface area contributed by atoms with Crippen LogP contribution in [0.15, 0.2) is 22.7 Å². The molecule has 0 bridgehead atoms. The van der Waals surface area contributed by atoms with Crippen molar-refractivity contribution in [3.05, 3.63) is 46.9 Å². The topological polar surface area (TPSA) is 67.5 Å². The van der Waals surface area contributed by atoms with Crippen LogP contribution in [0.2, 0.25) is 0 Å². The Labute approximate surface area is 126 Å². The molecular formula is C15H18F2N2O3. The summed E-state index contributed by atoms with van der Waals surface area (Å²) < 4.78 is 36.0. The molecule has 0 aliphatic rings. The van der Waals surface area contributed by atoms with Gasteiger partial charge in [-0.2, -0.15) is 0 Å². The van der Waals surface area contributed by atoms with Crippen molar-refractivity contribution in [2.75, 3.05) is 13.2 Å². The lowest BCUT2D eigenvalue weighted by atomic mass is 10.2. The van der Waals surface area contributed by atoms with Gasteiger partial charge in [0.15, 0.2) is 11.6 Å². The summed E-state index contributed by atoms with van der Waals surface area (Å²) in [6, 6.07) is 3.23. The number of aliphatic hydroxyl groups excluding tert-OH is 1. The van der Waals surface area contributed by atoms with Crippen molar-refractivity contribution >= 4 is 0 Å². The molecule has 0 amide bonds. The first-order valence-electron chi connectivity index (χ1n) is 6.85. The molecule has 120 valence electrons. The lowest BCUT2D eigenvalue weighted by Gasteiger charge is -2.13. The predicted molar refractivity (Wildman–Crippen MR) is 75.5 cm³/mol. The zero-order chi connectivity index (χ0) is 16.1. The fraction of sp³-hybridized carbons (Fsp3) is 0.400. The van der Waals surface area contributed by atoms with Crippen LogP contribution in [0.4, 0.5) is 8.78 Å². The van der Waals surface area contributed by atoms with Crippen LogP contribution < -0.4 is 10.1 Å². The molecule has 0 fully saturated rings. The first-order chi connectivity index (χ1) is 10.5. The minimum Gasteiger partial charge on any atom is -0.491 e. The van der Waals surface area contributed by atoms with Crippen molar-refractivity contribution in [2.24, 2.45) is 0 Å². The van der Waals surface area contributed by atoms with Gasteiger partial charge in [0.05, 0.1) is 5.69 Å². The van der Waals surface area contributed by atoms with E-state index < -0.39 is 17.7 Å². The molecule has 1 heterocycles. The minimum atomic E-state index is -0.983. The third kappa shape index (κ3) is 4.25. The molecule has 1 unspecified atom stereocenters. The molecule has 0 spiro atoms. The average Bonchev–Trinajstić information content (AvgIpc) is 2.80. The number of aromatic nitrogens is 1. The van der Waals surface area contributed by atoms with E-state index in [9.17, 15) is 13.9 Å². The van der Waals surface area contributed by atoms with Gasteiger partial charge in [0.25, 0.3) is 0 Å². The molecule has 5 nitrogen and oxygen atoms in total. The smallest absolute Gasteiger partial charge is 0.162 e. The Balaban J connectivity index is 1.74. The van der Waals surface area contributed by atoms with Gasteiger partial charge in [0.2, 0.25) is 0 Å². The number of nitrogens with zero attached hydrogens (tertiary/aromatic N) is 1. The van der Waals surface area contributed by atoms with Gasteiger partial charge in [-0.25, -0.2) is 8.78 Å². The number of hydrogen-bond acceptors (Lipinski definition) is 5. The zero-order valence-corrected chi connectivity index (χ0v) is 12.4. The van der Waals surface area contributed by atoms with E-state index in [0.29, 0.717) is 6.54 Å². The summed E-state index contributed by atoms with van der Waals surface area (Å²) in [4.78, 5) is 0. The molecule has 22 heavy (non-hydrogen) atoms. The number of halogens is 2. The summed E-state index contributed by atoms with van der Waals surface area (Å²) in [6.07, 6.45) is -0.784. The molecule has 0 saturated carbocycles. The maximum absolute atomic E-state index is 13.0. The summed E-state index contributed by atoms with van der Waals surface area (Å²) in [5.74, 6) is -1.02. The molecule has 1 atom stereocenters. The van der Waals surface area contributed by atoms with Gasteiger partial charge in [-0.05, 0) is 26.0 Å². The molecule has 0 aliphatic carbocycles. The molecule has 0 aliphatic heterocycles. The molecule has 2 aromatic rings. The second-order valence-electron chi connectivity index (χ2n) is 4.97. The van der Waals surface area contributed by atoms with Crippen molar-refractivity contribution in [2.45, 2.75) is 26.5 Å². The van der Waals surface area contributed by atoms with Crippen molar-refractivity contribution in [3.63, 3.8) is 0 Å². The molecule has 1 aromatic carbocycles. The average molecular weight is 312 g/mol. The summed E-state index contributed by atoms with van der Waals surface area (Å²) in [5.41, 5.74) is 1.76. The summed E-state index contributed by atoms with van der Waals surface area (Å²) in [7, 11) is 0. The lowest BCUT2D eigenvalue weighted by Crippen LogP contribution is -2.31. The Morgan fingerprint density at radius 1 is 1.32 bits per heavy atom. The normalized spacial score (nSPS) is 12.4. The SMILES string of the molecule is Cc1noc(C)c1CNCC(O)COc1ccc(F)c(F)c1. The van der Waals surface area contributed by atoms with E-state index >= 15 is 0 Å². The number of rotatable bonds is 7. The van der Waals surface area contributed by atoms with Crippen LogP contribution in [0.5, 0.6) is 5.75 Å². The number of hydrogen-bond donors (Lipinski definition) is 2. The van der Waals surface area contributed by atoms with E-state index in [4.69, 9.17) is 9.26 Å². The third-order valence-electron chi connectivity index (χ3n) is 3.20. The van der Waals surface area contributed by atoms with Crippen molar-refractivity contribution in [3.8, 4) is 5.75 Å². The second kappa shape index (κ2) is 7.33. The third-order valence-corrected chi connectivity index (χ3v) is 3.20. The summed E-state index contributed by atoms with van der Waals surface area (Å²) in [5, 5.41) is 16.7. The Morgan fingerprint density at radius 2 is 2.09 bits per heavy atom. The van der Waals surface area contributed by atoms with Crippen molar-refractivity contribution in [1.82, 2.24) is 10.5 Å². The fourth-order valence-corrected chi connectivity index (χ4v) is 1.94. The highest BCUT2D eigenvalue weighted by Crippen LogP contribution is 2.15. The number of aliphatic hydroxyl groups is 1. The number of nitrogens with one attached hydrogen (secondary N) is 1. The van der Waals surface area contributed by atoms with Crippen LogP contribution in [0.1, 0.15) is 17.0 Å². The molecule has 0 radical (unpaired) electrons. The largest absolute Gasteiger partial charge is 0.491 e. The van der Waals surface area contributed by atoms with Crippen LogP contribution in [-0.2, 0) is 6.54 Å². The second-order valence-corrected chi connectivity index (χ2v) is 4.97. The van der Waals surface area contributed by atoms with Crippen LogP contribution in [0.3, 0.4) is 0 Å². The van der Waals surface area contributed by atoms with E-state index in [-0.39, 0.29) is 18.9 Å². The van der Waals surface area contributed by atoms with Gasteiger partial charge < -0.3 is 19.7 Å². The quantitative estimate of drug-likeness (QED) is 0.819. The van der Waals surface area contributed by atoms with Gasteiger partial charge in [-0.1, -0.05) is 5.16 Å².